The highest BCUT2D eigenvalue weighted by atomic mass is 15.0. The first-order chi connectivity index (χ1) is 14.3. The maximum Gasteiger partial charge on any atom is 0.205 e. The monoisotopic (exact) mass is 396 g/mol. The molecule has 3 rings (SSSR count). The number of aryl methyl sites for hydroxylation is 6. The van der Waals surface area contributed by atoms with E-state index in [9.17, 15) is 0 Å². The van der Waals surface area contributed by atoms with Gasteiger partial charge >= 0.3 is 0 Å². The molecule has 3 aromatic rings. The second kappa shape index (κ2) is 9.26. The van der Waals surface area contributed by atoms with Gasteiger partial charge in [-0.3, -0.25) is 0 Å². The Morgan fingerprint density at radius 1 is 0.600 bits per heavy atom. The van der Waals surface area contributed by atoms with Crippen molar-refractivity contribution < 1.29 is 4.57 Å². The second-order valence-electron chi connectivity index (χ2n) is 8.41. The second-order valence-corrected chi connectivity index (χ2v) is 8.41. The van der Waals surface area contributed by atoms with Crippen molar-refractivity contribution in [2.75, 3.05) is 0 Å². The molecular weight excluding hydrogens is 362 g/mol. The lowest BCUT2D eigenvalue weighted by molar-refractivity contribution is -0.696. The van der Waals surface area contributed by atoms with Crippen LogP contribution in [0.25, 0.3) is 24.3 Å². The maximum absolute atomic E-state index is 2.37. The Hall–Kier alpha value is -2.93. The molecule has 0 aliphatic carbocycles. The summed E-state index contributed by atoms with van der Waals surface area (Å²) < 4.78 is 2.37. The molecule has 1 heteroatoms. The van der Waals surface area contributed by atoms with Gasteiger partial charge in [0.05, 0.1) is 0 Å². The lowest BCUT2D eigenvalue weighted by Gasteiger charge is -2.08. The fourth-order valence-electron chi connectivity index (χ4n) is 4.48. The van der Waals surface area contributed by atoms with Gasteiger partial charge in [-0.1, -0.05) is 35.4 Å². The number of benzene rings is 2. The van der Waals surface area contributed by atoms with Crippen molar-refractivity contribution in [1.29, 1.82) is 0 Å². The molecule has 154 valence electrons. The third-order valence-electron chi connectivity index (χ3n) is 5.79. The van der Waals surface area contributed by atoms with Crippen molar-refractivity contribution in [3.63, 3.8) is 0 Å². The molecule has 0 amide bonds. The van der Waals surface area contributed by atoms with Crippen molar-refractivity contribution >= 4 is 24.3 Å². The molecule has 2 aromatic carbocycles. The molecular formula is C29H34N+. The summed E-state index contributed by atoms with van der Waals surface area (Å²) in [5.41, 5.74) is 13.0. The zero-order valence-corrected chi connectivity index (χ0v) is 19.5. The first-order valence-electron chi connectivity index (χ1n) is 10.8. The third-order valence-corrected chi connectivity index (χ3v) is 5.79. The van der Waals surface area contributed by atoms with Gasteiger partial charge in [0.1, 0.15) is 6.54 Å². The summed E-state index contributed by atoms with van der Waals surface area (Å²) in [6.07, 6.45) is 9.00. The Kier molecular flexibility index (Phi) is 6.72. The molecule has 0 N–H and O–H groups in total. The van der Waals surface area contributed by atoms with Crippen LogP contribution in [0.15, 0.2) is 42.5 Å². The summed E-state index contributed by atoms with van der Waals surface area (Å²) >= 11 is 0. The van der Waals surface area contributed by atoms with Crippen molar-refractivity contribution in [2.45, 2.75) is 55.0 Å². The van der Waals surface area contributed by atoms with Crippen LogP contribution in [-0.4, -0.2) is 0 Å². The van der Waals surface area contributed by atoms with Gasteiger partial charge in [-0.25, -0.2) is 0 Å². The highest BCUT2D eigenvalue weighted by Gasteiger charge is 2.11. The van der Waals surface area contributed by atoms with E-state index >= 15 is 0 Å². The highest BCUT2D eigenvalue weighted by Crippen LogP contribution is 2.20. The van der Waals surface area contributed by atoms with Crippen LogP contribution >= 0.6 is 0 Å². The molecule has 0 unspecified atom stereocenters. The molecule has 0 spiro atoms. The number of hydrogen-bond acceptors (Lipinski definition) is 0. The van der Waals surface area contributed by atoms with Crippen LogP contribution in [0.4, 0.5) is 0 Å². The summed E-state index contributed by atoms with van der Waals surface area (Å²) in [6.45, 7) is 16.2. The number of pyridine rings is 1. The molecule has 0 aliphatic heterocycles. The lowest BCUT2D eigenvalue weighted by Crippen LogP contribution is -2.38. The van der Waals surface area contributed by atoms with E-state index in [1.807, 2.05) is 0 Å². The molecule has 0 atom stereocenters. The topological polar surface area (TPSA) is 3.88 Å². The van der Waals surface area contributed by atoms with Gasteiger partial charge in [0.2, 0.25) is 11.4 Å². The van der Waals surface area contributed by atoms with Gasteiger partial charge in [-0.2, -0.15) is 4.57 Å². The smallest absolute Gasteiger partial charge is 0.193 e. The van der Waals surface area contributed by atoms with Crippen LogP contribution in [0.5, 0.6) is 0 Å². The Morgan fingerprint density at radius 2 is 0.967 bits per heavy atom. The normalized spacial score (nSPS) is 11.7. The van der Waals surface area contributed by atoms with Gasteiger partial charge in [0.25, 0.3) is 0 Å². The van der Waals surface area contributed by atoms with Gasteiger partial charge in [-0.05, 0) is 100 Å². The zero-order chi connectivity index (χ0) is 21.8. The Labute approximate surface area is 182 Å². The van der Waals surface area contributed by atoms with E-state index in [1.165, 1.54) is 55.9 Å². The summed E-state index contributed by atoms with van der Waals surface area (Å²) in [6, 6.07) is 15.6. The van der Waals surface area contributed by atoms with Crippen molar-refractivity contribution in [1.82, 2.24) is 0 Å². The molecule has 0 radical (unpaired) electrons. The van der Waals surface area contributed by atoms with Gasteiger partial charge in [-0.15, -0.1) is 0 Å². The zero-order valence-electron chi connectivity index (χ0n) is 19.5. The fourth-order valence-corrected chi connectivity index (χ4v) is 4.48. The van der Waals surface area contributed by atoms with Crippen LogP contribution in [0.2, 0.25) is 0 Å². The summed E-state index contributed by atoms with van der Waals surface area (Å²) in [7, 11) is 0. The SMILES string of the molecule is CC[n+]1c(/C=C/c2c(C)cc(C)cc2C)cccc1/C=C/c1c(C)cc(C)cc1C. The predicted octanol–water partition coefficient (Wildman–Crippen LogP) is 7.19. The average Bonchev–Trinajstić information content (AvgIpc) is 2.66. The first kappa shape index (κ1) is 21.8. The molecule has 0 bridgehead atoms. The van der Waals surface area contributed by atoms with Crippen LogP contribution < -0.4 is 4.57 Å². The summed E-state index contributed by atoms with van der Waals surface area (Å²) in [5.74, 6) is 0. The van der Waals surface area contributed by atoms with Crippen molar-refractivity contribution in [2.24, 2.45) is 0 Å². The van der Waals surface area contributed by atoms with Crippen LogP contribution in [0.1, 0.15) is 62.8 Å². The predicted molar refractivity (Wildman–Crippen MR) is 131 cm³/mol. The van der Waals surface area contributed by atoms with E-state index in [-0.39, 0.29) is 0 Å². The third kappa shape index (κ3) is 4.79. The lowest BCUT2D eigenvalue weighted by atomic mass is 9.99. The average molecular weight is 397 g/mol. The molecule has 0 fully saturated rings. The largest absolute Gasteiger partial charge is 0.205 e. The maximum atomic E-state index is 2.37. The van der Waals surface area contributed by atoms with E-state index in [2.05, 4.69) is 120 Å². The number of nitrogens with zero attached hydrogens (tertiary/aromatic N) is 1. The number of aromatic nitrogens is 1. The summed E-state index contributed by atoms with van der Waals surface area (Å²) in [4.78, 5) is 0. The van der Waals surface area contributed by atoms with E-state index in [1.54, 1.807) is 0 Å². The molecule has 0 aliphatic rings. The van der Waals surface area contributed by atoms with E-state index < -0.39 is 0 Å². The molecule has 0 saturated carbocycles. The standard InChI is InChI=1S/C29H34N/c1-8-30-26(12-14-28-22(4)16-20(2)17-23(28)5)10-9-11-27(30)13-15-29-24(6)18-21(3)19-25(29)7/h9-19H,8H2,1-7H3/q+1/b14-12+,15-13+. The van der Waals surface area contributed by atoms with Crippen LogP contribution in [0.3, 0.4) is 0 Å². The molecule has 30 heavy (non-hydrogen) atoms. The highest BCUT2D eigenvalue weighted by molar-refractivity contribution is 5.73. The molecule has 1 aromatic heterocycles. The Balaban J connectivity index is 1.98. The quantitative estimate of drug-likeness (QED) is 0.402. The van der Waals surface area contributed by atoms with Crippen LogP contribution in [-0.2, 0) is 6.54 Å². The fraction of sp³-hybridized carbons (Fsp3) is 0.276. The first-order valence-corrected chi connectivity index (χ1v) is 10.8. The van der Waals surface area contributed by atoms with E-state index in [0.717, 1.165) is 6.54 Å². The minimum Gasteiger partial charge on any atom is -0.193 e. The Bertz CT molecular complexity index is 997. The van der Waals surface area contributed by atoms with E-state index in [0.29, 0.717) is 0 Å². The minimum atomic E-state index is 0.928. The van der Waals surface area contributed by atoms with E-state index in [4.69, 9.17) is 0 Å². The Morgan fingerprint density at radius 3 is 1.30 bits per heavy atom. The number of rotatable bonds is 5. The minimum absolute atomic E-state index is 0.928. The molecule has 0 saturated heterocycles. The van der Waals surface area contributed by atoms with Crippen molar-refractivity contribution in [3.05, 3.63) is 98.4 Å². The molecule has 1 nitrogen and oxygen atoms in total. The number of hydrogen-bond donors (Lipinski definition) is 0. The van der Waals surface area contributed by atoms with Gasteiger partial charge in [0.15, 0.2) is 0 Å². The molecule has 1 heterocycles. The van der Waals surface area contributed by atoms with Gasteiger partial charge < -0.3 is 0 Å². The van der Waals surface area contributed by atoms with Crippen molar-refractivity contribution in [3.8, 4) is 0 Å². The van der Waals surface area contributed by atoms with Gasteiger partial charge in [0, 0.05) is 24.3 Å². The van der Waals surface area contributed by atoms with Crippen LogP contribution in [0, 0.1) is 41.5 Å². The summed E-state index contributed by atoms with van der Waals surface area (Å²) in [5, 5.41) is 0.